The Bertz CT molecular complexity index is 143. The van der Waals surface area contributed by atoms with E-state index in [1.165, 1.54) is 0 Å². The maximum absolute atomic E-state index is 3.78. The standard InChI is InChI=1S/C8H12S/c1-7(2)5-6-8(3)9-4/h5-6H,1,3H2,2,4H3/b6-5-. The molecule has 0 atom stereocenters. The molecule has 0 aliphatic heterocycles. The summed E-state index contributed by atoms with van der Waals surface area (Å²) >= 11 is 1.64. The summed E-state index contributed by atoms with van der Waals surface area (Å²) in [6, 6.07) is 0. The lowest BCUT2D eigenvalue weighted by molar-refractivity contribution is 1.56. The van der Waals surface area contributed by atoms with Gasteiger partial charge in [0.1, 0.15) is 0 Å². The van der Waals surface area contributed by atoms with Gasteiger partial charge >= 0.3 is 0 Å². The molecule has 0 heterocycles. The van der Waals surface area contributed by atoms with Gasteiger partial charge in [0.15, 0.2) is 0 Å². The molecule has 0 spiro atoms. The van der Waals surface area contributed by atoms with Gasteiger partial charge in [-0.05, 0) is 24.2 Å². The van der Waals surface area contributed by atoms with Gasteiger partial charge in [-0.3, -0.25) is 0 Å². The van der Waals surface area contributed by atoms with Crippen molar-refractivity contribution in [2.24, 2.45) is 0 Å². The average molecular weight is 140 g/mol. The number of rotatable bonds is 3. The van der Waals surface area contributed by atoms with E-state index in [4.69, 9.17) is 0 Å². The normalized spacial score (nSPS) is 10.0. The Kier molecular flexibility index (Phi) is 4.24. The van der Waals surface area contributed by atoms with Crippen LogP contribution in [0.4, 0.5) is 0 Å². The van der Waals surface area contributed by atoms with Gasteiger partial charge in [0.05, 0.1) is 0 Å². The van der Waals surface area contributed by atoms with Gasteiger partial charge < -0.3 is 0 Å². The molecular formula is C8H12S. The molecule has 0 aliphatic carbocycles. The summed E-state index contributed by atoms with van der Waals surface area (Å²) in [5.74, 6) is 0. The smallest absolute Gasteiger partial charge is 0.000276 e. The fourth-order valence-corrected chi connectivity index (χ4v) is 0.507. The van der Waals surface area contributed by atoms with Crippen molar-refractivity contribution >= 4 is 11.8 Å². The van der Waals surface area contributed by atoms with Gasteiger partial charge in [-0.2, -0.15) is 0 Å². The van der Waals surface area contributed by atoms with Crippen LogP contribution in [0, 0.1) is 0 Å². The molecule has 50 valence electrons. The monoisotopic (exact) mass is 140 g/mol. The quantitative estimate of drug-likeness (QED) is 0.543. The Morgan fingerprint density at radius 2 is 1.89 bits per heavy atom. The van der Waals surface area contributed by atoms with Gasteiger partial charge in [0.2, 0.25) is 0 Å². The molecule has 0 unspecified atom stereocenters. The number of thioether (sulfide) groups is 1. The highest BCUT2D eigenvalue weighted by Gasteiger charge is 1.79. The molecule has 1 heteroatoms. The van der Waals surface area contributed by atoms with Crippen LogP contribution in [0.2, 0.25) is 0 Å². The highest BCUT2D eigenvalue weighted by molar-refractivity contribution is 8.02. The lowest BCUT2D eigenvalue weighted by atomic mass is 10.3. The Labute approximate surface area is 61.3 Å². The minimum Gasteiger partial charge on any atom is -0.130 e. The first kappa shape index (κ1) is 8.57. The van der Waals surface area contributed by atoms with Gasteiger partial charge in [-0.25, -0.2) is 0 Å². The van der Waals surface area contributed by atoms with Gasteiger partial charge in [-0.15, -0.1) is 11.8 Å². The predicted molar refractivity (Wildman–Crippen MR) is 46.6 cm³/mol. The van der Waals surface area contributed by atoms with E-state index >= 15 is 0 Å². The second-order valence-corrected chi connectivity index (χ2v) is 2.78. The van der Waals surface area contributed by atoms with Gasteiger partial charge in [0, 0.05) is 0 Å². The van der Waals surface area contributed by atoms with Crippen molar-refractivity contribution in [1.29, 1.82) is 0 Å². The highest BCUT2D eigenvalue weighted by atomic mass is 32.2. The molecule has 0 nitrogen and oxygen atoms in total. The van der Waals surface area contributed by atoms with Crippen molar-refractivity contribution in [1.82, 2.24) is 0 Å². The molecule has 0 saturated heterocycles. The lowest BCUT2D eigenvalue weighted by Crippen LogP contribution is -1.64. The molecule has 0 fully saturated rings. The summed E-state index contributed by atoms with van der Waals surface area (Å²) in [6.07, 6.45) is 5.93. The molecule has 0 radical (unpaired) electrons. The SMILES string of the molecule is C=C(C)/C=C\C(=C)SC. The first-order chi connectivity index (χ1) is 4.16. The summed E-state index contributed by atoms with van der Waals surface area (Å²) in [5.41, 5.74) is 1.06. The summed E-state index contributed by atoms with van der Waals surface area (Å²) in [7, 11) is 0. The fourth-order valence-electron chi connectivity index (χ4n) is 0.303. The number of hydrogen-bond acceptors (Lipinski definition) is 1. The largest absolute Gasteiger partial charge is 0.130 e. The zero-order chi connectivity index (χ0) is 7.28. The van der Waals surface area contributed by atoms with Gasteiger partial charge in [-0.1, -0.05) is 24.8 Å². The second-order valence-electron chi connectivity index (χ2n) is 1.85. The van der Waals surface area contributed by atoms with Crippen LogP contribution < -0.4 is 0 Å². The van der Waals surface area contributed by atoms with Crippen LogP contribution in [0.25, 0.3) is 0 Å². The fraction of sp³-hybridized carbons (Fsp3) is 0.250. The van der Waals surface area contributed by atoms with Crippen LogP contribution in [0.5, 0.6) is 0 Å². The Balaban J connectivity index is 3.71. The molecule has 0 aromatic heterocycles. The summed E-state index contributed by atoms with van der Waals surface area (Å²) in [4.78, 5) is 1.07. The van der Waals surface area contributed by atoms with E-state index < -0.39 is 0 Å². The first-order valence-corrected chi connectivity index (χ1v) is 3.95. The third kappa shape index (κ3) is 5.44. The third-order valence-corrected chi connectivity index (χ3v) is 1.48. The first-order valence-electron chi connectivity index (χ1n) is 2.73. The van der Waals surface area contributed by atoms with E-state index in [1.54, 1.807) is 11.8 Å². The minimum absolute atomic E-state index is 1.06. The van der Waals surface area contributed by atoms with Crippen LogP contribution in [0.3, 0.4) is 0 Å². The van der Waals surface area contributed by atoms with Crippen LogP contribution in [0.1, 0.15) is 6.92 Å². The topological polar surface area (TPSA) is 0 Å². The van der Waals surface area contributed by atoms with E-state index in [9.17, 15) is 0 Å². The van der Waals surface area contributed by atoms with Crippen molar-refractivity contribution in [2.75, 3.05) is 6.26 Å². The number of allylic oxidation sites excluding steroid dienone is 3. The lowest BCUT2D eigenvalue weighted by Gasteiger charge is -1.89. The molecule has 0 saturated carbocycles. The van der Waals surface area contributed by atoms with E-state index in [-0.39, 0.29) is 0 Å². The van der Waals surface area contributed by atoms with E-state index in [0.717, 1.165) is 10.5 Å². The Hall–Kier alpha value is -0.430. The van der Waals surface area contributed by atoms with Gasteiger partial charge in [0.25, 0.3) is 0 Å². The third-order valence-electron chi connectivity index (χ3n) is 0.816. The molecule has 0 aromatic rings. The van der Waals surface area contributed by atoms with Crippen molar-refractivity contribution < 1.29 is 0 Å². The summed E-state index contributed by atoms with van der Waals surface area (Å²) in [6.45, 7) is 9.47. The van der Waals surface area contributed by atoms with Crippen molar-refractivity contribution in [3.63, 3.8) is 0 Å². The molecule has 0 aliphatic rings. The summed E-state index contributed by atoms with van der Waals surface area (Å²) in [5, 5.41) is 0. The zero-order valence-corrected chi connectivity index (χ0v) is 6.79. The zero-order valence-electron chi connectivity index (χ0n) is 5.98. The van der Waals surface area contributed by atoms with E-state index in [0.29, 0.717) is 0 Å². The number of hydrogen-bond donors (Lipinski definition) is 0. The molecule has 0 N–H and O–H groups in total. The summed E-state index contributed by atoms with van der Waals surface area (Å²) < 4.78 is 0. The molecule has 9 heavy (non-hydrogen) atoms. The molecule has 0 amide bonds. The van der Waals surface area contributed by atoms with Crippen molar-refractivity contribution in [2.45, 2.75) is 6.92 Å². The Morgan fingerprint density at radius 1 is 1.33 bits per heavy atom. The van der Waals surface area contributed by atoms with Crippen molar-refractivity contribution in [3.05, 3.63) is 35.8 Å². The van der Waals surface area contributed by atoms with E-state index in [1.807, 2.05) is 25.3 Å². The second kappa shape index (κ2) is 4.45. The predicted octanol–water partition coefficient (Wildman–Crippen LogP) is 3.00. The molecule has 0 bridgehead atoms. The van der Waals surface area contributed by atoms with Crippen LogP contribution in [0.15, 0.2) is 35.8 Å². The Morgan fingerprint density at radius 3 is 2.22 bits per heavy atom. The van der Waals surface area contributed by atoms with Crippen LogP contribution >= 0.6 is 11.8 Å². The van der Waals surface area contributed by atoms with Crippen LogP contribution in [-0.4, -0.2) is 6.26 Å². The minimum atomic E-state index is 1.06. The average Bonchev–Trinajstić information content (AvgIpc) is 1.83. The molecule has 0 rings (SSSR count). The maximum Gasteiger partial charge on any atom is -0.000276 e. The van der Waals surface area contributed by atoms with Crippen LogP contribution in [-0.2, 0) is 0 Å². The van der Waals surface area contributed by atoms with Crippen molar-refractivity contribution in [3.8, 4) is 0 Å². The van der Waals surface area contributed by atoms with E-state index in [2.05, 4.69) is 13.2 Å². The highest BCUT2D eigenvalue weighted by Crippen LogP contribution is 2.09. The molecular weight excluding hydrogens is 128 g/mol. The molecule has 0 aromatic carbocycles. The maximum atomic E-state index is 3.78.